The summed E-state index contributed by atoms with van der Waals surface area (Å²) in [6, 6.07) is 8.46. The number of carbonyl (C=O) groups is 3. The Bertz CT molecular complexity index is 890. The third-order valence-corrected chi connectivity index (χ3v) is 3.68. The molecule has 0 aliphatic rings. The van der Waals surface area contributed by atoms with E-state index in [1.165, 1.54) is 14.0 Å². The van der Waals surface area contributed by atoms with E-state index < -0.39 is 11.9 Å². The molecule has 1 heterocycles. The summed E-state index contributed by atoms with van der Waals surface area (Å²) in [6.07, 6.45) is -0.144. The van der Waals surface area contributed by atoms with Gasteiger partial charge in [0.25, 0.3) is 0 Å². The van der Waals surface area contributed by atoms with Crippen molar-refractivity contribution < 1.29 is 19.1 Å². The molecule has 1 aromatic carbocycles. The minimum atomic E-state index is -0.615. The number of benzene rings is 1. The van der Waals surface area contributed by atoms with E-state index in [1.54, 1.807) is 31.2 Å². The minimum Gasteiger partial charge on any atom is -0.465 e. The highest BCUT2D eigenvalue weighted by atomic mass is 16.5. The molecule has 7 nitrogen and oxygen atoms in total. The fourth-order valence-electron chi connectivity index (χ4n) is 2.55. The van der Waals surface area contributed by atoms with Crippen molar-refractivity contribution in [2.75, 3.05) is 12.4 Å². The van der Waals surface area contributed by atoms with Crippen molar-refractivity contribution in [2.45, 2.75) is 20.3 Å². The van der Waals surface area contributed by atoms with Gasteiger partial charge in [-0.05, 0) is 30.7 Å². The number of methoxy groups -OCH3 is 1. The first kappa shape index (κ1) is 17.9. The van der Waals surface area contributed by atoms with E-state index in [0.29, 0.717) is 22.5 Å². The van der Waals surface area contributed by atoms with Crippen LogP contribution in [0, 0.1) is 18.3 Å². The number of hydrogen-bond acceptors (Lipinski definition) is 5. The van der Waals surface area contributed by atoms with Crippen molar-refractivity contribution in [3.63, 3.8) is 0 Å². The Morgan fingerprint density at radius 1 is 1.32 bits per heavy atom. The summed E-state index contributed by atoms with van der Waals surface area (Å²) < 4.78 is 4.74. The van der Waals surface area contributed by atoms with Crippen molar-refractivity contribution >= 4 is 23.3 Å². The number of aromatic amines is 1. The number of Topliss-reactive ketones (excluding diaryl/α,β-unsaturated/α-hetero) is 1. The Hall–Kier alpha value is -3.40. The van der Waals surface area contributed by atoms with E-state index in [9.17, 15) is 14.4 Å². The zero-order chi connectivity index (χ0) is 18.6. The Morgan fingerprint density at radius 2 is 2.04 bits per heavy atom. The zero-order valence-corrected chi connectivity index (χ0v) is 14.1. The monoisotopic (exact) mass is 339 g/mol. The highest BCUT2D eigenvalue weighted by molar-refractivity contribution is 6.02. The maximum Gasteiger partial charge on any atom is 0.339 e. The molecule has 0 bridgehead atoms. The molecule has 0 fully saturated rings. The average Bonchev–Trinajstić information content (AvgIpc) is 2.90. The molecular formula is C18H17N3O4. The number of hydrogen-bond donors (Lipinski definition) is 2. The molecule has 0 unspecified atom stereocenters. The average molecular weight is 339 g/mol. The molecule has 1 aromatic heterocycles. The molecule has 7 heteroatoms. The standard InChI is InChI=1S/C18H17N3O4/c1-10-16(18(24)25-3)14(21-17(10)11(2)22)8-15(23)20-13-6-4-5-12(7-13)9-19/h4-7,21H,8H2,1-3H3,(H,20,23). The second-order valence-corrected chi connectivity index (χ2v) is 5.44. The molecule has 0 saturated heterocycles. The molecule has 2 N–H and O–H groups in total. The molecular weight excluding hydrogens is 322 g/mol. The quantitative estimate of drug-likeness (QED) is 0.641. The van der Waals surface area contributed by atoms with Crippen LogP contribution in [0.4, 0.5) is 5.69 Å². The van der Waals surface area contributed by atoms with Gasteiger partial charge in [0.15, 0.2) is 5.78 Å². The van der Waals surface area contributed by atoms with Gasteiger partial charge in [0.05, 0.1) is 36.4 Å². The van der Waals surface area contributed by atoms with Gasteiger partial charge < -0.3 is 15.0 Å². The summed E-state index contributed by atoms with van der Waals surface area (Å²) in [4.78, 5) is 38.8. The number of anilines is 1. The molecule has 128 valence electrons. The van der Waals surface area contributed by atoms with Crippen LogP contribution in [0.15, 0.2) is 24.3 Å². The number of ketones is 1. The van der Waals surface area contributed by atoms with E-state index in [2.05, 4.69) is 10.3 Å². The SMILES string of the molecule is COC(=O)c1c(CC(=O)Nc2cccc(C#N)c2)[nH]c(C(C)=O)c1C. The van der Waals surface area contributed by atoms with Gasteiger partial charge in [-0.2, -0.15) is 5.26 Å². The van der Waals surface area contributed by atoms with Gasteiger partial charge >= 0.3 is 5.97 Å². The topological polar surface area (TPSA) is 112 Å². The molecule has 0 aliphatic heterocycles. The van der Waals surface area contributed by atoms with Crippen molar-refractivity contribution in [1.82, 2.24) is 4.98 Å². The number of esters is 1. The lowest BCUT2D eigenvalue weighted by atomic mass is 10.1. The molecule has 0 atom stereocenters. The lowest BCUT2D eigenvalue weighted by Gasteiger charge is -2.06. The zero-order valence-electron chi connectivity index (χ0n) is 14.1. The van der Waals surface area contributed by atoms with Crippen LogP contribution in [-0.2, 0) is 16.0 Å². The van der Waals surface area contributed by atoms with Gasteiger partial charge in [-0.3, -0.25) is 9.59 Å². The highest BCUT2D eigenvalue weighted by Gasteiger charge is 2.24. The summed E-state index contributed by atoms with van der Waals surface area (Å²) in [6.45, 7) is 2.99. The molecule has 2 rings (SSSR count). The number of ether oxygens (including phenoxy) is 1. The Morgan fingerprint density at radius 3 is 2.64 bits per heavy atom. The summed E-state index contributed by atoms with van der Waals surface area (Å²) in [5, 5.41) is 11.6. The molecule has 0 aliphatic carbocycles. The van der Waals surface area contributed by atoms with E-state index >= 15 is 0 Å². The number of aromatic nitrogens is 1. The number of amides is 1. The van der Waals surface area contributed by atoms with Crippen LogP contribution in [0.5, 0.6) is 0 Å². The fraction of sp³-hybridized carbons (Fsp3) is 0.222. The Balaban J connectivity index is 2.28. The van der Waals surface area contributed by atoms with Crippen LogP contribution in [0.2, 0.25) is 0 Å². The Kier molecular flexibility index (Phi) is 5.35. The van der Waals surface area contributed by atoms with Gasteiger partial charge in [-0.1, -0.05) is 6.07 Å². The number of nitrogens with one attached hydrogen (secondary N) is 2. The van der Waals surface area contributed by atoms with Gasteiger partial charge in [-0.15, -0.1) is 0 Å². The van der Waals surface area contributed by atoms with Crippen LogP contribution >= 0.6 is 0 Å². The fourth-order valence-corrected chi connectivity index (χ4v) is 2.55. The van der Waals surface area contributed by atoms with Gasteiger partial charge in [0.2, 0.25) is 5.91 Å². The summed E-state index contributed by atoms with van der Waals surface area (Å²) in [7, 11) is 1.24. The predicted molar refractivity (Wildman–Crippen MR) is 90.4 cm³/mol. The van der Waals surface area contributed by atoms with E-state index in [0.717, 1.165) is 0 Å². The smallest absolute Gasteiger partial charge is 0.339 e. The molecule has 1 amide bonds. The molecule has 0 radical (unpaired) electrons. The first-order valence-electron chi connectivity index (χ1n) is 7.48. The summed E-state index contributed by atoms with van der Waals surface area (Å²) >= 11 is 0. The highest BCUT2D eigenvalue weighted by Crippen LogP contribution is 2.21. The lowest BCUT2D eigenvalue weighted by Crippen LogP contribution is -2.17. The normalized spacial score (nSPS) is 10.0. The van der Waals surface area contributed by atoms with Crippen molar-refractivity contribution in [3.8, 4) is 6.07 Å². The van der Waals surface area contributed by atoms with E-state index in [-0.39, 0.29) is 23.5 Å². The van der Waals surface area contributed by atoms with Crippen LogP contribution in [0.25, 0.3) is 0 Å². The van der Waals surface area contributed by atoms with E-state index in [1.807, 2.05) is 6.07 Å². The van der Waals surface area contributed by atoms with Crippen molar-refractivity contribution in [2.24, 2.45) is 0 Å². The molecule has 0 saturated carbocycles. The van der Waals surface area contributed by atoms with Crippen LogP contribution < -0.4 is 5.32 Å². The number of H-pyrrole nitrogens is 1. The minimum absolute atomic E-state index is 0.144. The first-order valence-corrected chi connectivity index (χ1v) is 7.48. The van der Waals surface area contributed by atoms with Crippen LogP contribution in [0.3, 0.4) is 0 Å². The largest absolute Gasteiger partial charge is 0.465 e. The number of rotatable bonds is 5. The maximum absolute atomic E-state index is 12.3. The van der Waals surface area contributed by atoms with Gasteiger partial charge in [0.1, 0.15) is 0 Å². The summed E-state index contributed by atoms with van der Waals surface area (Å²) in [5.74, 6) is -1.25. The maximum atomic E-state index is 12.3. The van der Waals surface area contributed by atoms with E-state index in [4.69, 9.17) is 10.00 Å². The third kappa shape index (κ3) is 3.93. The second-order valence-electron chi connectivity index (χ2n) is 5.44. The first-order chi connectivity index (χ1) is 11.9. The Labute approximate surface area is 144 Å². The van der Waals surface area contributed by atoms with Gasteiger partial charge in [-0.25, -0.2) is 4.79 Å². The second kappa shape index (κ2) is 7.45. The lowest BCUT2D eigenvalue weighted by molar-refractivity contribution is -0.115. The molecule has 2 aromatic rings. The molecule has 25 heavy (non-hydrogen) atoms. The van der Waals surface area contributed by atoms with Crippen molar-refractivity contribution in [1.29, 1.82) is 5.26 Å². The number of nitriles is 1. The van der Waals surface area contributed by atoms with Crippen molar-refractivity contribution in [3.05, 3.63) is 52.3 Å². The number of nitrogens with zero attached hydrogens (tertiary/aromatic N) is 1. The van der Waals surface area contributed by atoms with Crippen LogP contribution in [-0.4, -0.2) is 29.8 Å². The third-order valence-electron chi connectivity index (χ3n) is 3.68. The summed E-state index contributed by atoms with van der Waals surface area (Å²) in [5.41, 5.74) is 2.11. The predicted octanol–water partition coefficient (Wildman–Crippen LogP) is 2.37. The van der Waals surface area contributed by atoms with Crippen LogP contribution in [0.1, 0.15) is 44.6 Å². The number of carbonyl (C=O) groups excluding carboxylic acids is 3. The molecule has 0 spiro atoms. The van der Waals surface area contributed by atoms with Gasteiger partial charge in [0, 0.05) is 18.3 Å².